The number of rotatable bonds is 7. The predicted molar refractivity (Wildman–Crippen MR) is 234 cm³/mol. The largest absolute Gasteiger partial charge is 0.393 e. The molecule has 12 rings (SSSR count). The summed E-state index contributed by atoms with van der Waals surface area (Å²) >= 11 is 5.27. The number of halogens is 3. The van der Waals surface area contributed by atoms with Crippen LogP contribution in [-0.2, 0) is 4.74 Å². The molecule has 9 nitrogen and oxygen atoms in total. The maximum atomic E-state index is 13.9. The molecule has 6 aromatic rings. The summed E-state index contributed by atoms with van der Waals surface area (Å²) in [6, 6.07) is 7.07. The van der Waals surface area contributed by atoms with Crippen molar-refractivity contribution in [3.8, 4) is 33.8 Å². The molecule has 10 heterocycles. The first-order valence-corrected chi connectivity index (χ1v) is 24.5. The van der Waals surface area contributed by atoms with Crippen molar-refractivity contribution in [3.63, 3.8) is 0 Å². The predicted octanol–water partition coefficient (Wildman–Crippen LogP) is 11.2. The van der Waals surface area contributed by atoms with Gasteiger partial charge in [-0.05, 0) is 123 Å². The molecule has 2 saturated carbocycles. The minimum atomic E-state index is -2.45. The van der Waals surface area contributed by atoms with Crippen LogP contribution in [0.2, 0.25) is 0 Å². The first kappa shape index (κ1) is 41.4. The second kappa shape index (κ2) is 16.8. The van der Waals surface area contributed by atoms with Gasteiger partial charge in [0.2, 0.25) is 5.92 Å². The molecule has 0 radical (unpaired) electrons. The fourth-order valence-corrected chi connectivity index (χ4v) is 13.9. The highest BCUT2D eigenvalue weighted by atomic mass is 32.1. The summed E-state index contributed by atoms with van der Waals surface area (Å²) in [7, 11) is 0. The molecule has 0 amide bonds. The van der Waals surface area contributed by atoms with Gasteiger partial charge in [0.15, 0.2) is 0 Å². The lowest BCUT2D eigenvalue weighted by Crippen LogP contribution is -2.33. The Bertz CT molecular complexity index is 2280. The number of thiophene rings is 3. The minimum absolute atomic E-state index is 0.0267. The van der Waals surface area contributed by atoms with Gasteiger partial charge < -0.3 is 28.7 Å². The van der Waals surface area contributed by atoms with E-state index >= 15 is 0 Å². The van der Waals surface area contributed by atoms with Crippen LogP contribution in [0.3, 0.4) is 0 Å². The Labute approximate surface area is 366 Å². The fraction of sp³-hybridized carbons (Fsp3) is 0.543. The SMILES string of the molecule is CC1(F)CCC([C@@H](O)C[C@H]2c3sccc3-c3cncn32)CC1.FC1(F)CCC([C@H]2c3sccc3-c3cncn32)CC1.O[C@@H](C[C@H]1c2sccc2-c2cncn21)C1CCOCC1. The lowest BCUT2D eigenvalue weighted by molar-refractivity contribution is -0.0492. The Morgan fingerprint density at radius 1 is 0.639 bits per heavy atom. The van der Waals surface area contributed by atoms with E-state index in [9.17, 15) is 23.4 Å². The first-order chi connectivity index (χ1) is 29.6. The minimum Gasteiger partial charge on any atom is -0.393 e. The number of aliphatic hydroxyl groups is 2. The van der Waals surface area contributed by atoms with Gasteiger partial charge in [0.25, 0.3) is 0 Å². The molecule has 1 saturated heterocycles. The van der Waals surface area contributed by atoms with E-state index in [0.29, 0.717) is 43.9 Å². The lowest BCUT2D eigenvalue weighted by Gasteiger charge is -2.34. The Morgan fingerprint density at radius 3 is 1.61 bits per heavy atom. The van der Waals surface area contributed by atoms with Crippen molar-refractivity contribution in [2.45, 2.75) is 126 Å². The third-order valence-electron chi connectivity index (χ3n) is 14.3. The van der Waals surface area contributed by atoms with Gasteiger partial charge in [-0.2, -0.15) is 0 Å². The van der Waals surface area contributed by atoms with Crippen LogP contribution in [0, 0.1) is 17.8 Å². The molecule has 2 aliphatic carbocycles. The number of fused-ring (bicyclic) bond motifs is 9. The average molecular weight is 891 g/mol. The number of ether oxygens (including phenoxy) is 1. The highest BCUT2D eigenvalue weighted by Crippen LogP contribution is 2.52. The molecule has 5 atom stereocenters. The van der Waals surface area contributed by atoms with Gasteiger partial charge in [-0.25, -0.2) is 28.1 Å². The van der Waals surface area contributed by atoms with Crippen LogP contribution in [0.15, 0.2) is 71.9 Å². The molecule has 0 aromatic carbocycles. The van der Waals surface area contributed by atoms with E-state index in [1.165, 1.54) is 37.0 Å². The summed E-state index contributed by atoms with van der Waals surface area (Å²) in [5, 5.41) is 27.6. The van der Waals surface area contributed by atoms with Gasteiger partial charge in [-0.15, -0.1) is 34.0 Å². The summed E-state index contributed by atoms with van der Waals surface area (Å²) in [4.78, 5) is 16.7. The zero-order valence-corrected chi connectivity index (χ0v) is 36.7. The first-order valence-electron chi connectivity index (χ1n) is 21.8. The molecular formula is C46H53F3N6O3S3. The Kier molecular flexibility index (Phi) is 11.4. The van der Waals surface area contributed by atoms with Crippen molar-refractivity contribution >= 4 is 34.0 Å². The number of hydrogen-bond acceptors (Lipinski definition) is 9. The van der Waals surface area contributed by atoms with Gasteiger partial charge in [0.1, 0.15) is 5.67 Å². The second-order valence-electron chi connectivity index (χ2n) is 18.1. The molecular weight excluding hydrogens is 838 g/mol. The average Bonchev–Trinajstić information content (AvgIpc) is 4.10. The summed E-state index contributed by atoms with van der Waals surface area (Å²) < 4.78 is 52.5. The van der Waals surface area contributed by atoms with Crippen molar-refractivity contribution in [2.24, 2.45) is 17.8 Å². The van der Waals surface area contributed by atoms with E-state index in [2.05, 4.69) is 63.0 Å². The van der Waals surface area contributed by atoms with Crippen molar-refractivity contribution in [2.75, 3.05) is 13.2 Å². The zero-order chi connectivity index (χ0) is 41.9. The van der Waals surface area contributed by atoms with E-state index in [1.54, 1.807) is 40.9 Å². The smallest absolute Gasteiger partial charge is 0.248 e. The summed E-state index contributed by atoms with van der Waals surface area (Å²) in [6.45, 7) is 3.25. The van der Waals surface area contributed by atoms with E-state index < -0.39 is 11.6 Å². The Morgan fingerprint density at radius 2 is 1.08 bits per heavy atom. The number of imidazole rings is 3. The summed E-state index contributed by atoms with van der Waals surface area (Å²) in [5.41, 5.74) is 6.21. The maximum absolute atomic E-state index is 13.9. The van der Waals surface area contributed by atoms with Crippen molar-refractivity contribution in [1.82, 2.24) is 28.7 Å². The van der Waals surface area contributed by atoms with Crippen LogP contribution in [0.4, 0.5) is 13.2 Å². The van der Waals surface area contributed by atoms with Gasteiger partial charge in [0.05, 0.1) is 85.0 Å². The van der Waals surface area contributed by atoms with Crippen LogP contribution < -0.4 is 0 Å². The van der Waals surface area contributed by atoms with Crippen LogP contribution >= 0.6 is 34.0 Å². The lowest BCUT2D eigenvalue weighted by atomic mass is 9.77. The van der Waals surface area contributed by atoms with Crippen LogP contribution in [0.1, 0.15) is 117 Å². The zero-order valence-electron chi connectivity index (χ0n) is 34.3. The molecule has 15 heteroatoms. The maximum Gasteiger partial charge on any atom is 0.248 e. The molecule has 61 heavy (non-hydrogen) atoms. The Balaban J connectivity index is 0.000000110. The van der Waals surface area contributed by atoms with Gasteiger partial charge in [0, 0.05) is 57.4 Å². The highest BCUT2D eigenvalue weighted by Gasteiger charge is 2.43. The van der Waals surface area contributed by atoms with Crippen molar-refractivity contribution in [1.29, 1.82) is 0 Å². The molecule has 6 aromatic heterocycles. The third-order valence-corrected chi connectivity index (χ3v) is 17.3. The molecule has 4 aliphatic heterocycles. The Hall–Kier alpha value is -3.60. The topological polar surface area (TPSA) is 103 Å². The van der Waals surface area contributed by atoms with Crippen molar-refractivity contribution < 1.29 is 28.1 Å². The second-order valence-corrected chi connectivity index (χ2v) is 21.0. The molecule has 3 fully saturated rings. The number of aliphatic hydroxyl groups excluding tert-OH is 2. The molecule has 0 spiro atoms. The molecule has 0 bridgehead atoms. The molecule has 0 unspecified atom stereocenters. The number of aromatic nitrogens is 6. The molecule has 324 valence electrons. The van der Waals surface area contributed by atoms with Crippen LogP contribution in [-0.4, -0.2) is 75.9 Å². The summed E-state index contributed by atoms with van der Waals surface area (Å²) in [6.07, 6.45) is 18.1. The van der Waals surface area contributed by atoms with Gasteiger partial charge in [-0.1, -0.05) is 0 Å². The number of hydrogen-bond donors (Lipinski definition) is 2. The quantitative estimate of drug-likeness (QED) is 0.165. The number of nitrogens with zero attached hydrogens (tertiary/aromatic N) is 6. The van der Waals surface area contributed by atoms with Crippen LogP contribution in [0.5, 0.6) is 0 Å². The van der Waals surface area contributed by atoms with E-state index in [4.69, 9.17) is 4.74 Å². The molecule has 6 aliphatic rings. The van der Waals surface area contributed by atoms with Crippen LogP contribution in [0.25, 0.3) is 33.8 Å². The highest BCUT2D eigenvalue weighted by molar-refractivity contribution is 7.11. The van der Waals surface area contributed by atoms with Gasteiger partial charge >= 0.3 is 0 Å². The standard InChI is InChI=1S/C17H21FN2OS.C15H18N2O2S.C14H14F2N2S/c1-17(18)5-2-11(3-6-17)15(21)8-13-16-12(4-7-22-16)14-9-19-10-20(13)14;18-14(10-1-4-19-5-2-10)7-12-15-11(3-6-20-15)13-8-16-9-17(12)13;15-14(16)4-1-9(2-5-14)12-13-10(3-6-19-13)11-7-17-8-18(11)12/h4,7,9-11,13,15,21H,2-3,5-6,8H2,1H3;3,6,8-10,12,14,18H,1-2,4-5,7H2;3,6-9,12H,1-2,4-5H2/t11?,13-,15-,17?;12-,14-;12-/m000/s1. The monoisotopic (exact) mass is 890 g/mol. The fourth-order valence-electron chi connectivity index (χ4n) is 10.8. The van der Waals surface area contributed by atoms with Gasteiger partial charge in [-0.3, -0.25) is 0 Å². The van der Waals surface area contributed by atoms with E-state index in [0.717, 1.165) is 56.7 Å². The van der Waals surface area contributed by atoms with Crippen molar-refractivity contribution in [3.05, 3.63) is 86.5 Å². The normalized spacial score (nSPS) is 27.0. The number of alkyl halides is 3. The third kappa shape index (κ3) is 8.00. The van der Waals surface area contributed by atoms with E-state index in [-0.39, 0.29) is 49.1 Å². The van der Waals surface area contributed by atoms with E-state index in [1.807, 2.05) is 37.6 Å². The molecule has 2 N–H and O–H groups in total. The summed E-state index contributed by atoms with van der Waals surface area (Å²) in [5.74, 6) is -1.54.